The molecule has 0 aromatic carbocycles. The second-order valence-electron chi connectivity index (χ2n) is 6.63. The van der Waals surface area contributed by atoms with Crippen LogP contribution in [0.1, 0.15) is 25.2 Å². The van der Waals surface area contributed by atoms with Crippen LogP contribution in [0.15, 0.2) is 45.6 Å². The summed E-state index contributed by atoms with van der Waals surface area (Å²) in [7, 11) is 1.73. The molecule has 0 aliphatic rings. The van der Waals surface area contributed by atoms with Crippen molar-refractivity contribution in [3.05, 3.63) is 57.0 Å². The maximum atomic E-state index is 10.9. The number of carbonyl (C=O) groups excluding carboxylic acids is 2. The van der Waals surface area contributed by atoms with Crippen molar-refractivity contribution in [1.29, 1.82) is 0 Å². The molecule has 4 rings (SSSR count). The van der Waals surface area contributed by atoms with Crippen LogP contribution in [0.2, 0.25) is 0 Å². The van der Waals surface area contributed by atoms with E-state index < -0.39 is 0 Å². The van der Waals surface area contributed by atoms with Crippen molar-refractivity contribution in [3.63, 3.8) is 0 Å². The predicted octanol–water partition coefficient (Wildman–Crippen LogP) is 4.48. The van der Waals surface area contributed by atoms with Crippen molar-refractivity contribution in [1.82, 2.24) is 18.8 Å². The summed E-state index contributed by atoms with van der Waals surface area (Å²) in [4.78, 5) is 31.8. The molecule has 0 spiro atoms. The maximum absolute atomic E-state index is 10.9. The fourth-order valence-corrected chi connectivity index (χ4v) is 3.91. The third-order valence-corrected chi connectivity index (χ3v) is 5.58. The molecule has 0 saturated heterocycles. The Hall–Kier alpha value is -2.72. The van der Waals surface area contributed by atoms with Gasteiger partial charge in [0.2, 0.25) is 12.8 Å². The van der Waals surface area contributed by atoms with E-state index in [1.54, 1.807) is 11.9 Å². The van der Waals surface area contributed by atoms with Gasteiger partial charge in [-0.25, -0.2) is 9.97 Å². The van der Waals surface area contributed by atoms with E-state index in [1.165, 1.54) is 0 Å². The largest absolute Gasteiger partial charge is 0.313 e. The van der Waals surface area contributed by atoms with Crippen LogP contribution in [0.25, 0.3) is 11.3 Å². The van der Waals surface area contributed by atoms with Gasteiger partial charge in [0.05, 0.1) is 11.4 Å². The molecule has 0 unspecified atom stereocenters. The molecule has 4 aromatic heterocycles. The molecule has 0 aliphatic heterocycles. The number of carbonyl (C=O) groups is 2. The zero-order valence-corrected chi connectivity index (χ0v) is 20.5. The van der Waals surface area contributed by atoms with E-state index in [1.807, 2.05) is 59.3 Å². The van der Waals surface area contributed by atoms with Crippen molar-refractivity contribution in [2.75, 3.05) is 17.3 Å². The molecule has 1 N–H and O–H groups in total. The fourth-order valence-electron chi connectivity index (χ4n) is 3.24. The number of aromatic nitrogens is 4. The molecule has 2 amide bonds. The number of nitrogens with one attached hydrogen (secondary N) is 1. The quantitative estimate of drug-likeness (QED) is 0.359. The number of hydrogen-bond donors (Lipinski definition) is 1. The van der Waals surface area contributed by atoms with Crippen LogP contribution in [0.3, 0.4) is 0 Å². The Labute approximate surface area is 196 Å². The topological polar surface area (TPSA) is 84.0 Å². The van der Waals surface area contributed by atoms with E-state index in [-0.39, 0.29) is 0 Å². The summed E-state index contributed by atoms with van der Waals surface area (Å²) in [5.74, 6) is 1.57. The van der Waals surface area contributed by atoms with E-state index in [9.17, 15) is 9.59 Å². The van der Waals surface area contributed by atoms with Gasteiger partial charge in [-0.2, -0.15) is 0 Å². The first-order chi connectivity index (χ1) is 14.9. The highest BCUT2D eigenvalue weighted by molar-refractivity contribution is 9.10. The van der Waals surface area contributed by atoms with E-state index in [2.05, 4.69) is 47.1 Å². The lowest BCUT2D eigenvalue weighted by atomic mass is 10.3. The number of aryl methyl sites for hydroxylation is 2. The zero-order chi connectivity index (χ0) is 22.5. The Morgan fingerprint density at radius 2 is 1.48 bits per heavy atom. The number of imidazole rings is 2. The summed E-state index contributed by atoms with van der Waals surface area (Å²) in [6.07, 6.45) is 6.85. The van der Waals surface area contributed by atoms with Gasteiger partial charge in [0.1, 0.15) is 22.9 Å². The third kappa shape index (κ3) is 4.80. The van der Waals surface area contributed by atoms with Crippen molar-refractivity contribution >= 4 is 67.6 Å². The normalized spacial score (nSPS) is 10.6. The lowest BCUT2D eigenvalue weighted by molar-refractivity contribution is -0.107. The van der Waals surface area contributed by atoms with Gasteiger partial charge in [-0.15, -0.1) is 0 Å². The van der Waals surface area contributed by atoms with Crippen LogP contribution in [-0.4, -0.2) is 38.6 Å². The number of anilines is 2. The molecule has 0 aliphatic carbocycles. The number of fused-ring (bicyclic) bond motifs is 2. The van der Waals surface area contributed by atoms with Gasteiger partial charge < -0.3 is 10.2 Å². The van der Waals surface area contributed by atoms with Gasteiger partial charge in [0.15, 0.2) is 0 Å². The van der Waals surface area contributed by atoms with Gasteiger partial charge in [0, 0.05) is 28.4 Å². The van der Waals surface area contributed by atoms with Crippen LogP contribution in [0, 0.1) is 0 Å². The average Bonchev–Trinajstić information content (AvgIpc) is 3.31. The van der Waals surface area contributed by atoms with Crippen LogP contribution in [-0.2, 0) is 22.4 Å². The first-order valence-electron chi connectivity index (χ1n) is 9.64. The minimum absolute atomic E-state index is 0.670. The number of rotatable bonds is 6. The highest BCUT2D eigenvalue weighted by Gasteiger charge is 2.14. The van der Waals surface area contributed by atoms with Crippen molar-refractivity contribution in [2.45, 2.75) is 26.7 Å². The summed E-state index contributed by atoms with van der Waals surface area (Å²) >= 11 is 6.80. The highest BCUT2D eigenvalue weighted by Crippen LogP contribution is 2.24. The Balaban J connectivity index is 0.000000176. The monoisotopic (exact) mass is 548 g/mol. The summed E-state index contributed by atoms with van der Waals surface area (Å²) in [5, 5.41) is 2.68. The molecule has 0 saturated carbocycles. The lowest BCUT2D eigenvalue weighted by Gasteiger charge is -2.11. The van der Waals surface area contributed by atoms with Crippen molar-refractivity contribution in [3.8, 4) is 0 Å². The van der Waals surface area contributed by atoms with Crippen LogP contribution < -0.4 is 10.2 Å². The summed E-state index contributed by atoms with van der Waals surface area (Å²) in [6, 6.07) is 7.68. The number of hydrogen-bond acceptors (Lipinski definition) is 4. The smallest absolute Gasteiger partial charge is 0.215 e. The number of halogens is 2. The summed E-state index contributed by atoms with van der Waals surface area (Å²) in [6.45, 7) is 4.03. The van der Waals surface area contributed by atoms with Gasteiger partial charge in [-0.3, -0.25) is 18.4 Å². The lowest BCUT2D eigenvalue weighted by Crippen LogP contribution is -2.17. The minimum Gasteiger partial charge on any atom is -0.313 e. The third-order valence-electron chi connectivity index (χ3n) is 4.64. The zero-order valence-electron chi connectivity index (χ0n) is 17.3. The standard InChI is InChI=1S/C11H12BrN3O.C10H10BrN3O/c1-3-9-11(14(2)7-16)15-6-8(12)4-5-10(15)13-9;1-2-8-10(12-6-15)14-5-7(11)3-4-9(14)13-8/h4-7H,3H2,1-2H3;3-6H,2H2,1H3,(H,12,15). The molecule has 31 heavy (non-hydrogen) atoms. The Kier molecular flexibility index (Phi) is 7.45. The number of pyridine rings is 2. The fraction of sp³-hybridized carbons (Fsp3) is 0.238. The Bertz CT molecular complexity index is 1230. The van der Waals surface area contributed by atoms with Crippen LogP contribution in [0.4, 0.5) is 11.6 Å². The summed E-state index contributed by atoms with van der Waals surface area (Å²) < 4.78 is 5.68. The molecular weight excluding hydrogens is 528 g/mol. The molecule has 162 valence electrons. The Morgan fingerprint density at radius 1 is 0.935 bits per heavy atom. The van der Waals surface area contributed by atoms with Gasteiger partial charge in [-0.1, -0.05) is 13.8 Å². The molecule has 4 aromatic rings. The molecular formula is C21H22Br2N6O2. The molecule has 0 fully saturated rings. The first-order valence-corrected chi connectivity index (χ1v) is 11.2. The van der Waals surface area contributed by atoms with Crippen LogP contribution in [0.5, 0.6) is 0 Å². The SMILES string of the molecule is CCc1nc2ccc(Br)cn2c1N(C)C=O.CCc1nc2ccc(Br)cn2c1NC=O. The second kappa shape index (κ2) is 10.1. The number of amides is 2. The average molecular weight is 550 g/mol. The van der Waals surface area contributed by atoms with E-state index >= 15 is 0 Å². The number of nitrogens with zero attached hydrogens (tertiary/aromatic N) is 5. The Morgan fingerprint density at radius 3 is 2.03 bits per heavy atom. The van der Waals surface area contributed by atoms with E-state index in [4.69, 9.17) is 0 Å². The van der Waals surface area contributed by atoms with E-state index in [0.717, 1.165) is 62.5 Å². The summed E-state index contributed by atoms with van der Waals surface area (Å²) in [5.41, 5.74) is 3.50. The maximum Gasteiger partial charge on any atom is 0.215 e. The molecule has 0 radical (unpaired) electrons. The van der Waals surface area contributed by atoms with Crippen molar-refractivity contribution in [2.24, 2.45) is 0 Å². The van der Waals surface area contributed by atoms with Crippen LogP contribution >= 0.6 is 31.9 Å². The highest BCUT2D eigenvalue weighted by atomic mass is 79.9. The van der Waals surface area contributed by atoms with Gasteiger partial charge in [0.25, 0.3) is 0 Å². The molecule has 4 heterocycles. The van der Waals surface area contributed by atoms with Crippen molar-refractivity contribution < 1.29 is 9.59 Å². The predicted molar refractivity (Wildman–Crippen MR) is 129 cm³/mol. The second-order valence-corrected chi connectivity index (χ2v) is 8.46. The molecule has 10 heteroatoms. The molecule has 0 bridgehead atoms. The van der Waals surface area contributed by atoms with E-state index in [0.29, 0.717) is 6.41 Å². The molecule has 8 nitrogen and oxygen atoms in total. The molecule has 0 atom stereocenters. The first kappa shape index (κ1) is 23.0. The van der Waals surface area contributed by atoms with Gasteiger partial charge >= 0.3 is 0 Å². The minimum atomic E-state index is 0.670. The van der Waals surface area contributed by atoms with Gasteiger partial charge in [-0.05, 0) is 69.0 Å².